The van der Waals surface area contributed by atoms with E-state index in [1.807, 2.05) is 61.1 Å². The van der Waals surface area contributed by atoms with Crippen LogP contribution < -0.4 is 16.3 Å². The monoisotopic (exact) mass is 391 g/mol. The predicted molar refractivity (Wildman–Crippen MR) is 116 cm³/mol. The number of hydrazone groups is 1. The second kappa shape index (κ2) is 7.44. The first-order valence-corrected chi connectivity index (χ1v) is 9.53. The molecule has 0 fully saturated rings. The second-order valence-electron chi connectivity index (χ2n) is 6.72. The van der Waals surface area contributed by atoms with Crippen LogP contribution in [0.25, 0.3) is 5.69 Å². The number of aromatic nitrogens is 2. The van der Waals surface area contributed by atoms with Crippen LogP contribution in [0.3, 0.4) is 0 Å². The van der Waals surface area contributed by atoms with Crippen LogP contribution in [-0.2, 0) is 13.5 Å². The largest absolute Gasteiger partial charge is 0.325 e. The van der Waals surface area contributed by atoms with Gasteiger partial charge in [-0.25, -0.2) is 4.68 Å². The van der Waals surface area contributed by atoms with Gasteiger partial charge in [0.2, 0.25) is 0 Å². The van der Waals surface area contributed by atoms with Gasteiger partial charge < -0.3 is 5.32 Å². The topological polar surface area (TPSA) is 63.4 Å². The first-order chi connectivity index (χ1) is 13.6. The fourth-order valence-electron chi connectivity index (χ4n) is 3.50. The molecule has 0 bridgehead atoms. The van der Waals surface area contributed by atoms with Gasteiger partial charge in [-0.2, -0.15) is 5.10 Å². The first-order valence-electron chi connectivity index (χ1n) is 9.12. The van der Waals surface area contributed by atoms with Gasteiger partial charge in [-0.15, -0.1) is 0 Å². The minimum Gasteiger partial charge on any atom is -0.325 e. The SMILES string of the molecule is Cc1c(NC(=S)NN=C2CCc3ccccc32)c(=O)n(-c2ccccc2)n1C. The van der Waals surface area contributed by atoms with E-state index in [1.54, 1.807) is 4.68 Å². The minimum absolute atomic E-state index is 0.158. The molecule has 0 saturated carbocycles. The molecule has 6 nitrogen and oxygen atoms in total. The van der Waals surface area contributed by atoms with Crippen LogP contribution in [0.4, 0.5) is 5.69 Å². The van der Waals surface area contributed by atoms with Gasteiger partial charge in [0.15, 0.2) is 5.11 Å². The van der Waals surface area contributed by atoms with Gasteiger partial charge in [0.05, 0.1) is 17.1 Å². The summed E-state index contributed by atoms with van der Waals surface area (Å²) in [5.74, 6) is 0. The molecule has 1 aliphatic rings. The third kappa shape index (κ3) is 3.25. The number of rotatable bonds is 3. The molecular weight excluding hydrogens is 370 g/mol. The summed E-state index contributed by atoms with van der Waals surface area (Å²) in [6, 6.07) is 17.7. The standard InChI is InChI=1S/C21H21N5OS/c1-14-19(20(27)26(25(14)2)16-9-4-3-5-10-16)22-21(28)24-23-18-13-12-15-8-6-7-11-17(15)18/h3-11H,12-13H2,1-2H3,(H2,22,24,28). The van der Waals surface area contributed by atoms with Crippen molar-refractivity contribution in [1.82, 2.24) is 14.8 Å². The molecule has 3 aromatic rings. The van der Waals surface area contributed by atoms with Crippen molar-refractivity contribution in [2.24, 2.45) is 12.1 Å². The molecule has 1 aliphatic carbocycles. The molecular formula is C21H21N5OS. The van der Waals surface area contributed by atoms with Crippen molar-refractivity contribution in [1.29, 1.82) is 0 Å². The third-order valence-corrected chi connectivity index (χ3v) is 5.24. The summed E-state index contributed by atoms with van der Waals surface area (Å²) in [6.07, 6.45) is 1.86. The zero-order chi connectivity index (χ0) is 19.7. The predicted octanol–water partition coefficient (Wildman–Crippen LogP) is 3.12. The van der Waals surface area contributed by atoms with Crippen LogP contribution in [0.15, 0.2) is 64.5 Å². The lowest BCUT2D eigenvalue weighted by Gasteiger charge is -2.07. The summed E-state index contributed by atoms with van der Waals surface area (Å²) in [5.41, 5.74) is 8.19. The van der Waals surface area contributed by atoms with E-state index in [0.717, 1.165) is 35.5 Å². The Labute approximate surface area is 168 Å². The summed E-state index contributed by atoms with van der Waals surface area (Å²) < 4.78 is 3.42. The highest BCUT2D eigenvalue weighted by molar-refractivity contribution is 7.80. The number of hydrogen-bond donors (Lipinski definition) is 2. The van der Waals surface area contributed by atoms with E-state index in [-0.39, 0.29) is 5.56 Å². The van der Waals surface area contributed by atoms with Crippen LogP contribution in [0.2, 0.25) is 0 Å². The molecule has 28 heavy (non-hydrogen) atoms. The van der Waals surface area contributed by atoms with Crippen molar-refractivity contribution in [3.05, 3.63) is 81.8 Å². The summed E-state index contributed by atoms with van der Waals surface area (Å²) in [5, 5.41) is 7.77. The molecule has 0 spiro atoms. The van der Waals surface area contributed by atoms with Crippen molar-refractivity contribution in [2.45, 2.75) is 19.8 Å². The van der Waals surface area contributed by atoms with Gasteiger partial charge in [-0.3, -0.25) is 14.9 Å². The average molecular weight is 392 g/mol. The van der Waals surface area contributed by atoms with E-state index in [9.17, 15) is 4.79 Å². The molecule has 0 atom stereocenters. The Kier molecular flexibility index (Phi) is 4.83. The summed E-state index contributed by atoms with van der Waals surface area (Å²) >= 11 is 5.37. The van der Waals surface area contributed by atoms with Crippen LogP contribution in [-0.4, -0.2) is 20.2 Å². The highest BCUT2D eigenvalue weighted by Gasteiger charge is 2.18. The quantitative estimate of drug-likeness (QED) is 0.532. The maximum atomic E-state index is 12.9. The molecule has 142 valence electrons. The fraction of sp³-hybridized carbons (Fsp3) is 0.190. The lowest BCUT2D eigenvalue weighted by atomic mass is 10.1. The highest BCUT2D eigenvalue weighted by atomic mass is 32.1. The van der Waals surface area contributed by atoms with Crippen molar-refractivity contribution < 1.29 is 0 Å². The van der Waals surface area contributed by atoms with Gasteiger partial charge in [0, 0.05) is 12.6 Å². The molecule has 1 heterocycles. The summed E-state index contributed by atoms with van der Waals surface area (Å²) in [6.45, 7) is 1.88. The zero-order valence-electron chi connectivity index (χ0n) is 15.8. The Morgan fingerprint density at radius 2 is 1.79 bits per heavy atom. The second-order valence-corrected chi connectivity index (χ2v) is 7.13. The number of thiocarbonyl (C=S) groups is 1. The van der Waals surface area contributed by atoms with E-state index in [1.165, 1.54) is 5.56 Å². The molecule has 0 aliphatic heterocycles. The summed E-state index contributed by atoms with van der Waals surface area (Å²) in [7, 11) is 1.85. The number of benzene rings is 2. The van der Waals surface area contributed by atoms with Crippen molar-refractivity contribution in [3.8, 4) is 5.69 Å². The van der Waals surface area contributed by atoms with Gasteiger partial charge in [-0.1, -0.05) is 42.5 Å². The van der Waals surface area contributed by atoms with Crippen LogP contribution in [0, 0.1) is 6.92 Å². The molecule has 7 heteroatoms. The Morgan fingerprint density at radius 3 is 2.57 bits per heavy atom. The summed E-state index contributed by atoms with van der Waals surface area (Å²) in [4.78, 5) is 12.9. The molecule has 0 amide bonds. The maximum absolute atomic E-state index is 12.9. The van der Waals surface area contributed by atoms with E-state index in [0.29, 0.717) is 10.8 Å². The number of para-hydroxylation sites is 1. The molecule has 0 unspecified atom stereocenters. The first kappa shape index (κ1) is 18.2. The van der Waals surface area contributed by atoms with Crippen LogP contribution >= 0.6 is 12.2 Å². The fourth-order valence-corrected chi connectivity index (χ4v) is 3.64. The maximum Gasteiger partial charge on any atom is 0.295 e. The molecule has 4 rings (SSSR count). The smallest absolute Gasteiger partial charge is 0.295 e. The Bertz CT molecular complexity index is 1130. The lowest BCUT2D eigenvalue weighted by Crippen LogP contribution is -2.28. The molecule has 2 N–H and O–H groups in total. The molecule has 1 aromatic heterocycles. The van der Waals surface area contributed by atoms with Gasteiger partial charge in [0.1, 0.15) is 5.69 Å². The Hall–Kier alpha value is -3.19. The van der Waals surface area contributed by atoms with Crippen molar-refractivity contribution >= 4 is 28.7 Å². The number of hydrogen-bond acceptors (Lipinski definition) is 3. The van der Waals surface area contributed by atoms with Crippen LogP contribution in [0.5, 0.6) is 0 Å². The Morgan fingerprint density at radius 1 is 1.07 bits per heavy atom. The number of aryl methyl sites for hydroxylation is 1. The van der Waals surface area contributed by atoms with E-state index < -0.39 is 0 Å². The van der Waals surface area contributed by atoms with Gasteiger partial charge >= 0.3 is 0 Å². The molecule has 0 saturated heterocycles. The normalized spacial score (nSPS) is 14.1. The van der Waals surface area contributed by atoms with Gasteiger partial charge in [0.25, 0.3) is 5.56 Å². The minimum atomic E-state index is -0.158. The number of fused-ring (bicyclic) bond motifs is 1. The number of anilines is 1. The molecule has 2 aromatic carbocycles. The molecule has 0 radical (unpaired) electrons. The zero-order valence-corrected chi connectivity index (χ0v) is 16.6. The number of nitrogens with zero attached hydrogens (tertiary/aromatic N) is 3. The Balaban J connectivity index is 1.55. The highest BCUT2D eigenvalue weighted by Crippen LogP contribution is 2.21. The van der Waals surface area contributed by atoms with E-state index in [2.05, 4.69) is 28.0 Å². The lowest BCUT2D eigenvalue weighted by molar-refractivity contribution is 0.630. The number of nitrogens with one attached hydrogen (secondary N) is 2. The van der Waals surface area contributed by atoms with E-state index >= 15 is 0 Å². The van der Waals surface area contributed by atoms with Crippen LogP contribution in [0.1, 0.15) is 23.2 Å². The van der Waals surface area contributed by atoms with Crippen molar-refractivity contribution in [3.63, 3.8) is 0 Å². The van der Waals surface area contributed by atoms with Gasteiger partial charge in [-0.05, 0) is 49.7 Å². The van der Waals surface area contributed by atoms with E-state index in [4.69, 9.17) is 12.2 Å². The average Bonchev–Trinajstić information content (AvgIpc) is 3.22. The third-order valence-electron chi connectivity index (χ3n) is 5.04. The van der Waals surface area contributed by atoms with Crippen molar-refractivity contribution in [2.75, 3.05) is 5.32 Å².